The zero-order valence-corrected chi connectivity index (χ0v) is 11.6. The number of halogens is 1. The molecule has 20 heavy (non-hydrogen) atoms. The Morgan fingerprint density at radius 2 is 1.60 bits per heavy atom. The van der Waals surface area contributed by atoms with Crippen LogP contribution in [0.5, 0.6) is 0 Å². The largest absolute Gasteiger partial charge is 0.274 e. The predicted molar refractivity (Wildman–Crippen MR) is 76.3 cm³/mol. The second kappa shape index (κ2) is 4.19. The fourth-order valence-corrected chi connectivity index (χ4v) is 4.13. The molecule has 1 saturated carbocycles. The Labute approximate surface area is 122 Å². The molecule has 2 amide bonds. The third-order valence-corrected chi connectivity index (χ3v) is 5.06. The fourth-order valence-electron chi connectivity index (χ4n) is 3.94. The highest BCUT2D eigenvalue weighted by Crippen LogP contribution is 2.50. The monoisotopic (exact) mass is 287 g/mol. The highest BCUT2D eigenvalue weighted by molar-refractivity contribution is 6.31. The summed E-state index contributed by atoms with van der Waals surface area (Å²) in [5.41, 5.74) is 0.598. The molecule has 0 N–H and O–H groups in total. The summed E-state index contributed by atoms with van der Waals surface area (Å²) in [6.45, 7) is 0. The molecule has 3 nitrogen and oxygen atoms in total. The topological polar surface area (TPSA) is 37.4 Å². The van der Waals surface area contributed by atoms with Gasteiger partial charge in [0.25, 0.3) is 0 Å². The summed E-state index contributed by atoms with van der Waals surface area (Å²) in [4.78, 5) is 26.7. The van der Waals surface area contributed by atoms with Gasteiger partial charge in [0, 0.05) is 5.02 Å². The molecule has 2 bridgehead atoms. The molecule has 0 spiro atoms. The van der Waals surface area contributed by atoms with Crippen LogP contribution >= 0.6 is 11.6 Å². The van der Waals surface area contributed by atoms with Crippen molar-refractivity contribution in [3.8, 4) is 0 Å². The molecule has 1 aromatic rings. The molecule has 2 fully saturated rings. The Balaban J connectivity index is 1.77. The average molecular weight is 288 g/mol. The third kappa shape index (κ3) is 1.53. The Hall–Kier alpha value is -1.61. The Morgan fingerprint density at radius 3 is 2.10 bits per heavy atom. The molecule has 4 atom stereocenters. The minimum atomic E-state index is -0.162. The Kier molecular flexibility index (Phi) is 2.55. The van der Waals surface area contributed by atoms with Crippen LogP contribution in [-0.4, -0.2) is 11.8 Å². The van der Waals surface area contributed by atoms with E-state index in [1.807, 2.05) is 0 Å². The maximum atomic E-state index is 12.7. The first-order valence-corrected chi connectivity index (χ1v) is 7.36. The Bertz CT molecular complexity index is 607. The van der Waals surface area contributed by atoms with Gasteiger partial charge in [0.2, 0.25) is 11.8 Å². The number of rotatable bonds is 1. The molecule has 1 aromatic carbocycles. The van der Waals surface area contributed by atoms with E-state index >= 15 is 0 Å². The van der Waals surface area contributed by atoms with Crippen LogP contribution in [-0.2, 0) is 9.59 Å². The first-order chi connectivity index (χ1) is 9.66. The van der Waals surface area contributed by atoms with Gasteiger partial charge in [-0.05, 0) is 42.9 Å². The number of hydrogen-bond acceptors (Lipinski definition) is 2. The number of carbonyl (C=O) groups excluding carboxylic acids is 2. The molecule has 0 aromatic heterocycles. The number of anilines is 1. The van der Waals surface area contributed by atoms with Crippen LogP contribution in [0.1, 0.15) is 12.8 Å². The molecule has 1 saturated heterocycles. The summed E-state index contributed by atoms with van der Waals surface area (Å²) < 4.78 is 0. The highest BCUT2D eigenvalue weighted by Gasteiger charge is 2.56. The minimum Gasteiger partial charge on any atom is -0.274 e. The number of allylic oxidation sites excluding steroid dienone is 2. The zero-order valence-electron chi connectivity index (χ0n) is 10.8. The Morgan fingerprint density at radius 1 is 1.00 bits per heavy atom. The zero-order chi connectivity index (χ0) is 13.9. The summed E-state index contributed by atoms with van der Waals surface area (Å²) in [6, 6.07) is 6.97. The number of hydrogen-bond donors (Lipinski definition) is 0. The van der Waals surface area contributed by atoms with Gasteiger partial charge in [-0.25, -0.2) is 4.90 Å². The van der Waals surface area contributed by atoms with Crippen LogP contribution in [0.15, 0.2) is 36.4 Å². The van der Waals surface area contributed by atoms with Gasteiger partial charge in [-0.1, -0.05) is 29.8 Å². The van der Waals surface area contributed by atoms with Crippen LogP contribution in [0, 0.1) is 23.7 Å². The molecule has 1 heterocycles. The summed E-state index contributed by atoms with van der Waals surface area (Å²) in [5.74, 6) is 0.0226. The van der Waals surface area contributed by atoms with E-state index in [1.165, 1.54) is 4.90 Å². The van der Waals surface area contributed by atoms with Gasteiger partial charge in [-0.2, -0.15) is 0 Å². The lowest BCUT2D eigenvalue weighted by Crippen LogP contribution is -2.38. The SMILES string of the molecule is O=C1C2C(C(=O)N1c1cccc(Cl)c1)[C@H]1C=C[C@@H]2CC1. The molecular formula is C16H14ClNO2. The lowest BCUT2D eigenvalue weighted by Gasteiger charge is -2.38. The van der Waals surface area contributed by atoms with E-state index in [2.05, 4.69) is 12.2 Å². The van der Waals surface area contributed by atoms with Crippen molar-refractivity contribution < 1.29 is 9.59 Å². The molecule has 4 aliphatic rings. The molecule has 0 radical (unpaired) electrons. The smallest absolute Gasteiger partial charge is 0.238 e. The van der Waals surface area contributed by atoms with E-state index in [1.54, 1.807) is 24.3 Å². The van der Waals surface area contributed by atoms with E-state index in [4.69, 9.17) is 11.6 Å². The standard InChI is InChI=1S/C16H14ClNO2/c17-11-2-1-3-12(8-11)18-15(19)13-9-4-5-10(7-6-9)14(13)16(18)20/h1-5,8-10,13-14H,6-7H2/t9-,10+,13?,14?. The molecule has 102 valence electrons. The van der Waals surface area contributed by atoms with Gasteiger partial charge in [-0.3, -0.25) is 9.59 Å². The molecule has 4 heteroatoms. The third-order valence-electron chi connectivity index (χ3n) is 4.83. The van der Waals surface area contributed by atoms with Crippen LogP contribution < -0.4 is 4.90 Å². The molecule has 1 aliphatic heterocycles. The van der Waals surface area contributed by atoms with Crippen LogP contribution in [0.25, 0.3) is 0 Å². The van der Waals surface area contributed by atoms with Gasteiger partial charge in [0.05, 0.1) is 17.5 Å². The number of benzene rings is 1. The summed E-state index contributed by atoms with van der Waals surface area (Å²) in [7, 11) is 0. The number of fused-ring (bicyclic) bond motifs is 1. The van der Waals surface area contributed by atoms with Gasteiger partial charge < -0.3 is 0 Å². The molecular weight excluding hydrogens is 274 g/mol. The van der Waals surface area contributed by atoms with Gasteiger partial charge in [0.1, 0.15) is 0 Å². The second-order valence-corrected chi connectivity index (χ2v) is 6.27. The first kappa shape index (κ1) is 12.2. The number of imide groups is 1. The van der Waals surface area contributed by atoms with Crippen molar-refractivity contribution in [3.63, 3.8) is 0 Å². The molecule has 3 aliphatic carbocycles. The van der Waals surface area contributed by atoms with Gasteiger partial charge in [-0.15, -0.1) is 0 Å². The van der Waals surface area contributed by atoms with E-state index in [0.29, 0.717) is 10.7 Å². The summed E-state index contributed by atoms with van der Waals surface area (Å²) in [6.07, 6.45) is 6.29. The lowest BCUT2D eigenvalue weighted by atomic mass is 9.63. The summed E-state index contributed by atoms with van der Waals surface area (Å²) in [5, 5.41) is 0.541. The average Bonchev–Trinajstić information content (AvgIpc) is 2.74. The number of nitrogens with zero attached hydrogens (tertiary/aromatic N) is 1. The highest BCUT2D eigenvalue weighted by atomic mass is 35.5. The maximum Gasteiger partial charge on any atom is 0.238 e. The minimum absolute atomic E-state index is 0.0543. The van der Waals surface area contributed by atoms with Crippen molar-refractivity contribution >= 4 is 29.1 Å². The van der Waals surface area contributed by atoms with Crippen molar-refractivity contribution in [2.75, 3.05) is 4.90 Å². The molecule has 5 rings (SSSR count). The molecule has 2 unspecified atom stereocenters. The van der Waals surface area contributed by atoms with Crippen molar-refractivity contribution in [1.29, 1.82) is 0 Å². The van der Waals surface area contributed by atoms with Gasteiger partial charge >= 0.3 is 0 Å². The number of carbonyl (C=O) groups is 2. The van der Waals surface area contributed by atoms with Crippen molar-refractivity contribution in [2.45, 2.75) is 12.8 Å². The number of amides is 2. The maximum absolute atomic E-state index is 12.7. The van der Waals surface area contributed by atoms with Crippen LogP contribution in [0.4, 0.5) is 5.69 Å². The van der Waals surface area contributed by atoms with E-state index in [0.717, 1.165) is 12.8 Å². The lowest BCUT2D eigenvalue weighted by molar-refractivity contribution is -0.124. The van der Waals surface area contributed by atoms with E-state index < -0.39 is 0 Å². The van der Waals surface area contributed by atoms with Crippen molar-refractivity contribution in [3.05, 3.63) is 41.4 Å². The van der Waals surface area contributed by atoms with Gasteiger partial charge in [0.15, 0.2) is 0 Å². The fraction of sp³-hybridized carbons (Fsp3) is 0.375. The quantitative estimate of drug-likeness (QED) is 0.588. The van der Waals surface area contributed by atoms with E-state index in [-0.39, 0.29) is 35.5 Å². The first-order valence-electron chi connectivity index (χ1n) is 6.98. The normalized spacial score (nSPS) is 34.8. The van der Waals surface area contributed by atoms with Crippen LogP contribution in [0.3, 0.4) is 0 Å². The van der Waals surface area contributed by atoms with Crippen LogP contribution in [0.2, 0.25) is 5.02 Å². The predicted octanol–water partition coefficient (Wildman–Crippen LogP) is 3.04. The summed E-state index contributed by atoms with van der Waals surface area (Å²) >= 11 is 5.98. The second-order valence-electron chi connectivity index (χ2n) is 5.83. The van der Waals surface area contributed by atoms with Crippen molar-refractivity contribution in [1.82, 2.24) is 0 Å². The van der Waals surface area contributed by atoms with Crippen molar-refractivity contribution in [2.24, 2.45) is 23.7 Å². The van der Waals surface area contributed by atoms with E-state index in [9.17, 15) is 9.59 Å².